The third-order valence-corrected chi connectivity index (χ3v) is 4.24. The first kappa shape index (κ1) is 16.3. The number of carbonyl (C=O) groups is 1. The summed E-state index contributed by atoms with van der Waals surface area (Å²) in [5.41, 5.74) is -0.995. The zero-order chi connectivity index (χ0) is 15.8. The van der Waals surface area contributed by atoms with Gasteiger partial charge in [0.25, 0.3) is 0 Å². The summed E-state index contributed by atoms with van der Waals surface area (Å²) in [6.07, 6.45) is -4.53. The van der Waals surface area contributed by atoms with Crippen LogP contribution >= 0.6 is 39.1 Å². The molecular weight excluding hydrogens is 392 g/mol. The van der Waals surface area contributed by atoms with Gasteiger partial charge in [0, 0.05) is 15.6 Å². The first-order valence-corrected chi connectivity index (χ1v) is 7.12. The van der Waals surface area contributed by atoms with Gasteiger partial charge in [-0.25, -0.2) is 0 Å². The number of rotatable bonds is 2. The molecule has 0 aromatic heterocycles. The lowest BCUT2D eigenvalue weighted by Crippen LogP contribution is -2.09. The van der Waals surface area contributed by atoms with Crippen LogP contribution in [-0.2, 0) is 6.18 Å². The van der Waals surface area contributed by atoms with Crippen molar-refractivity contribution in [2.24, 2.45) is 0 Å². The molecule has 2 aromatic carbocycles. The van der Waals surface area contributed by atoms with Crippen LogP contribution in [0.5, 0.6) is 0 Å². The standard InChI is InChI=1S/C14H6BrCl2F3O/c15-10-5-4-7(14(18,19)20)6-9(10)13(21)8-2-1-3-11(16)12(8)17/h1-6H. The SMILES string of the molecule is O=C(c1cc(C(F)(F)F)ccc1Br)c1cccc(Cl)c1Cl. The third kappa shape index (κ3) is 3.42. The number of hydrogen-bond acceptors (Lipinski definition) is 1. The molecule has 0 spiro atoms. The van der Waals surface area contributed by atoms with Crippen molar-refractivity contribution in [3.05, 3.63) is 67.6 Å². The van der Waals surface area contributed by atoms with Gasteiger partial charge in [-0.2, -0.15) is 13.2 Å². The third-order valence-electron chi connectivity index (χ3n) is 2.73. The highest BCUT2D eigenvalue weighted by Gasteiger charge is 2.32. The van der Waals surface area contributed by atoms with Crippen LogP contribution in [0.25, 0.3) is 0 Å². The van der Waals surface area contributed by atoms with Crippen molar-refractivity contribution in [3.63, 3.8) is 0 Å². The predicted octanol–water partition coefficient (Wildman–Crippen LogP) is 6.01. The first-order valence-electron chi connectivity index (χ1n) is 5.57. The van der Waals surface area contributed by atoms with E-state index < -0.39 is 17.5 Å². The number of benzene rings is 2. The molecule has 0 saturated heterocycles. The molecule has 0 fully saturated rings. The minimum atomic E-state index is -4.53. The molecule has 21 heavy (non-hydrogen) atoms. The predicted molar refractivity (Wildman–Crippen MR) is 79.0 cm³/mol. The highest BCUT2D eigenvalue weighted by molar-refractivity contribution is 9.10. The van der Waals surface area contributed by atoms with Crippen molar-refractivity contribution in [2.45, 2.75) is 6.18 Å². The van der Waals surface area contributed by atoms with Gasteiger partial charge >= 0.3 is 6.18 Å². The van der Waals surface area contributed by atoms with E-state index in [1.165, 1.54) is 24.3 Å². The van der Waals surface area contributed by atoms with Crippen LogP contribution in [0, 0.1) is 0 Å². The van der Waals surface area contributed by atoms with E-state index in [0.29, 0.717) is 0 Å². The zero-order valence-electron chi connectivity index (χ0n) is 10.1. The molecule has 1 nitrogen and oxygen atoms in total. The first-order chi connectivity index (χ1) is 9.71. The van der Waals surface area contributed by atoms with Gasteiger partial charge in [-0.15, -0.1) is 0 Å². The molecule has 2 rings (SSSR count). The summed E-state index contributed by atoms with van der Waals surface area (Å²) in [5, 5.41) is 0.166. The van der Waals surface area contributed by atoms with Gasteiger partial charge in [0.05, 0.1) is 15.6 Å². The topological polar surface area (TPSA) is 17.1 Å². The molecule has 7 heteroatoms. The number of hydrogen-bond donors (Lipinski definition) is 0. The summed E-state index contributed by atoms with van der Waals surface area (Å²) in [5.74, 6) is -0.638. The summed E-state index contributed by atoms with van der Waals surface area (Å²) in [7, 11) is 0. The second-order valence-corrected chi connectivity index (χ2v) is 5.76. The molecule has 0 heterocycles. The average molecular weight is 398 g/mol. The van der Waals surface area contributed by atoms with Crippen LogP contribution in [0.3, 0.4) is 0 Å². The monoisotopic (exact) mass is 396 g/mol. The maximum Gasteiger partial charge on any atom is 0.416 e. The van der Waals surface area contributed by atoms with Crippen LogP contribution < -0.4 is 0 Å². The Kier molecular flexibility index (Phi) is 4.66. The van der Waals surface area contributed by atoms with Gasteiger partial charge in [0.15, 0.2) is 5.78 Å². The van der Waals surface area contributed by atoms with Crippen LogP contribution in [0.2, 0.25) is 10.0 Å². The zero-order valence-corrected chi connectivity index (χ0v) is 13.2. The molecule has 0 saturated carbocycles. The Bertz CT molecular complexity index is 714. The van der Waals surface area contributed by atoms with Crippen LogP contribution in [0.1, 0.15) is 21.5 Å². The maximum absolute atomic E-state index is 12.7. The minimum Gasteiger partial charge on any atom is -0.289 e. The second kappa shape index (κ2) is 5.99. The van der Waals surface area contributed by atoms with Crippen molar-refractivity contribution in [3.8, 4) is 0 Å². The fourth-order valence-electron chi connectivity index (χ4n) is 1.70. The lowest BCUT2D eigenvalue weighted by molar-refractivity contribution is -0.137. The molecule has 0 aliphatic carbocycles. The number of halogens is 6. The Balaban J connectivity index is 2.56. The molecule has 0 aliphatic rings. The Hall–Kier alpha value is -1.04. The smallest absolute Gasteiger partial charge is 0.289 e. The van der Waals surface area contributed by atoms with Gasteiger partial charge in [-0.3, -0.25) is 4.79 Å². The normalized spacial score (nSPS) is 11.5. The fraction of sp³-hybridized carbons (Fsp3) is 0.0714. The van der Waals surface area contributed by atoms with E-state index in [2.05, 4.69) is 15.9 Å². The van der Waals surface area contributed by atoms with Crippen LogP contribution in [-0.4, -0.2) is 5.78 Å². The molecule has 0 unspecified atom stereocenters. The Morgan fingerprint density at radius 3 is 2.33 bits per heavy atom. The van der Waals surface area contributed by atoms with Gasteiger partial charge in [-0.05, 0) is 30.3 Å². The Morgan fingerprint density at radius 2 is 1.71 bits per heavy atom. The van der Waals surface area contributed by atoms with E-state index >= 15 is 0 Å². The van der Waals surface area contributed by atoms with Gasteiger partial charge < -0.3 is 0 Å². The van der Waals surface area contributed by atoms with Crippen molar-refractivity contribution in [2.75, 3.05) is 0 Å². The molecule has 2 aromatic rings. The van der Waals surface area contributed by atoms with Crippen molar-refractivity contribution in [1.82, 2.24) is 0 Å². The molecule has 110 valence electrons. The quantitative estimate of drug-likeness (QED) is 0.567. The van der Waals surface area contributed by atoms with E-state index in [9.17, 15) is 18.0 Å². The maximum atomic E-state index is 12.7. The fourth-order valence-corrected chi connectivity index (χ4v) is 2.51. The molecule has 0 radical (unpaired) electrons. The highest BCUT2D eigenvalue weighted by Crippen LogP contribution is 2.34. The summed E-state index contributed by atoms with van der Waals surface area (Å²) >= 11 is 14.8. The van der Waals surface area contributed by atoms with Gasteiger partial charge in [0.2, 0.25) is 0 Å². The summed E-state index contributed by atoms with van der Waals surface area (Å²) < 4.78 is 38.5. The average Bonchev–Trinajstić information content (AvgIpc) is 2.40. The summed E-state index contributed by atoms with van der Waals surface area (Å²) in [6, 6.07) is 7.24. The van der Waals surface area contributed by atoms with Crippen molar-refractivity contribution in [1.29, 1.82) is 0 Å². The van der Waals surface area contributed by atoms with E-state index in [4.69, 9.17) is 23.2 Å². The molecule has 0 bridgehead atoms. The largest absolute Gasteiger partial charge is 0.416 e. The van der Waals surface area contributed by atoms with Crippen LogP contribution in [0.15, 0.2) is 40.9 Å². The van der Waals surface area contributed by atoms with Crippen LogP contribution in [0.4, 0.5) is 13.2 Å². The lowest BCUT2D eigenvalue weighted by Gasteiger charge is -2.11. The Labute approximate surface area is 136 Å². The Morgan fingerprint density at radius 1 is 1.05 bits per heavy atom. The van der Waals surface area contributed by atoms with Crippen molar-refractivity contribution >= 4 is 44.9 Å². The lowest BCUT2D eigenvalue weighted by atomic mass is 10.0. The number of carbonyl (C=O) groups excluding carboxylic acids is 1. The molecular formula is C14H6BrCl2F3O. The minimum absolute atomic E-state index is 0.00785. The molecule has 0 amide bonds. The summed E-state index contributed by atoms with van der Waals surface area (Å²) in [6.45, 7) is 0. The number of ketones is 1. The van der Waals surface area contributed by atoms with E-state index in [-0.39, 0.29) is 25.6 Å². The van der Waals surface area contributed by atoms with Crippen molar-refractivity contribution < 1.29 is 18.0 Å². The van der Waals surface area contributed by atoms with Gasteiger partial charge in [-0.1, -0.05) is 45.2 Å². The molecule has 0 N–H and O–H groups in total. The van der Waals surface area contributed by atoms with Gasteiger partial charge in [0.1, 0.15) is 0 Å². The highest BCUT2D eigenvalue weighted by atomic mass is 79.9. The van der Waals surface area contributed by atoms with E-state index in [0.717, 1.165) is 12.1 Å². The molecule has 0 atom stereocenters. The second-order valence-electron chi connectivity index (χ2n) is 4.12. The number of alkyl halides is 3. The molecule has 0 aliphatic heterocycles. The van der Waals surface area contributed by atoms with E-state index in [1.807, 2.05) is 0 Å². The summed E-state index contributed by atoms with van der Waals surface area (Å²) in [4.78, 5) is 12.4. The van der Waals surface area contributed by atoms with E-state index in [1.54, 1.807) is 0 Å².